The number of esters is 2. The lowest BCUT2D eigenvalue weighted by molar-refractivity contribution is -0.384. The van der Waals surface area contributed by atoms with Crippen molar-refractivity contribution in [2.24, 2.45) is 0 Å². The second-order valence-corrected chi connectivity index (χ2v) is 5.09. The minimum Gasteiger partial charge on any atom is -0.465 e. The molecule has 0 saturated carbocycles. The van der Waals surface area contributed by atoms with Crippen molar-refractivity contribution in [1.82, 2.24) is 0 Å². The third-order valence-corrected chi connectivity index (χ3v) is 3.44. The number of rotatable bonds is 5. The Morgan fingerprint density at radius 2 is 1.79 bits per heavy atom. The number of halogens is 1. The van der Waals surface area contributed by atoms with E-state index in [0.29, 0.717) is 11.1 Å². The van der Waals surface area contributed by atoms with E-state index in [0.717, 1.165) is 6.07 Å². The van der Waals surface area contributed by atoms with Crippen LogP contribution in [-0.4, -0.2) is 24.0 Å². The van der Waals surface area contributed by atoms with Crippen LogP contribution in [0.4, 0.5) is 5.69 Å². The molecule has 124 valence electrons. The Balaban J connectivity index is 2.03. The Kier molecular flexibility index (Phi) is 5.49. The number of nitro benzene ring substituents is 1. The number of hydrogen-bond donors (Lipinski definition) is 0. The number of benzene rings is 2. The van der Waals surface area contributed by atoms with Crippen LogP contribution in [0.2, 0.25) is 5.02 Å². The summed E-state index contributed by atoms with van der Waals surface area (Å²) in [5.41, 5.74) is 0.864. The van der Waals surface area contributed by atoms with Crippen molar-refractivity contribution in [1.29, 1.82) is 0 Å². The number of carbonyl (C=O) groups excluding carboxylic acids is 2. The number of non-ortho nitro benzene ring substituents is 1. The topological polar surface area (TPSA) is 95.7 Å². The fraction of sp³-hybridized carbons (Fsp3) is 0.125. The zero-order chi connectivity index (χ0) is 17.7. The van der Waals surface area contributed by atoms with Gasteiger partial charge in [-0.15, -0.1) is 0 Å². The fourth-order valence-corrected chi connectivity index (χ4v) is 2.12. The van der Waals surface area contributed by atoms with E-state index in [1.54, 1.807) is 24.3 Å². The zero-order valence-corrected chi connectivity index (χ0v) is 13.3. The van der Waals surface area contributed by atoms with Gasteiger partial charge in [-0.1, -0.05) is 23.7 Å². The van der Waals surface area contributed by atoms with Gasteiger partial charge in [-0.25, -0.2) is 9.59 Å². The molecule has 0 saturated heterocycles. The van der Waals surface area contributed by atoms with Crippen LogP contribution in [0.3, 0.4) is 0 Å². The average Bonchev–Trinajstić information content (AvgIpc) is 2.59. The molecule has 8 heteroatoms. The average molecular weight is 350 g/mol. The van der Waals surface area contributed by atoms with E-state index >= 15 is 0 Å². The maximum absolute atomic E-state index is 12.0. The molecule has 0 heterocycles. The molecule has 0 aromatic heterocycles. The van der Waals surface area contributed by atoms with Crippen molar-refractivity contribution in [3.8, 4) is 0 Å². The van der Waals surface area contributed by atoms with E-state index < -0.39 is 16.9 Å². The molecule has 2 aromatic rings. The van der Waals surface area contributed by atoms with Crippen molar-refractivity contribution in [2.75, 3.05) is 7.11 Å². The molecule has 0 aliphatic heterocycles. The highest BCUT2D eigenvalue weighted by Gasteiger charge is 2.16. The van der Waals surface area contributed by atoms with Gasteiger partial charge in [0.25, 0.3) is 5.69 Å². The maximum Gasteiger partial charge on any atom is 0.339 e. The highest BCUT2D eigenvalue weighted by molar-refractivity contribution is 6.33. The first-order valence-corrected chi connectivity index (χ1v) is 7.08. The van der Waals surface area contributed by atoms with Crippen molar-refractivity contribution < 1.29 is 24.0 Å². The molecule has 2 rings (SSSR count). The van der Waals surface area contributed by atoms with Crippen LogP contribution in [-0.2, 0) is 16.1 Å². The molecule has 0 unspecified atom stereocenters. The summed E-state index contributed by atoms with van der Waals surface area (Å²) in [6.45, 7) is -0.0341. The van der Waals surface area contributed by atoms with Crippen LogP contribution in [0, 0.1) is 10.1 Å². The lowest BCUT2D eigenvalue weighted by Crippen LogP contribution is -2.07. The Morgan fingerprint density at radius 1 is 1.12 bits per heavy atom. The van der Waals surface area contributed by atoms with Crippen LogP contribution < -0.4 is 0 Å². The molecule has 24 heavy (non-hydrogen) atoms. The van der Waals surface area contributed by atoms with Gasteiger partial charge in [0.15, 0.2) is 0 Å². The van der Waals surface area contributed by atoms with E-state index in [1.165, 1.54) is 19.2 Å². The SMILES string of the molecule is COC(=O)c1ccc(COC(=O)c2ccc([N+](=O)[O-])cc2Cl)cc1. The first-order valence-electron chi connectivity index (χ1n) is 6.70. The van der Waals surface area contributed by atoms with Gasteiger partial charge in [0, 0.05) is 12.1 Å². The zero-order valence-electron chi connectivity index (χ0n) is 12.5. The summed E-state index contributed by atoms with van der Waals surface area (Å²) in [5.74, 6) is -1.16. The molecule has 0 amide bonds. The molecule has 0 aliphatic rings. The second kappa shape index (κ2) is 7.56. The van der Waals surface area contributed by atoms with Crippen molar-refractivity contribution in [3.05, 3.63) is 74.3 Å². The smallest absolute Gasteiger partial charge is 0.339 e. The highest BCUT2D eigenvalue weighted by atomic mass is 35.5. The summed E-state index contributed by atoms with van der Waals surface area (Å²) in [6, 6.07) is 9.84. The largest absolute Gasteiger partial charge is 0.465 e. The van der Waals surface area contributed by atoms with E-state index in [4.69, 9.17) is 16.3 Å². The van der Waals surface area contributed by atoms with E-state index in [2.05, 4.69) is 4.74 Å². The predicted molar refractivity (Wildman–Crippen MR) is 85.0 cm³/mol. The summed E-state index contributed by atoms with van der Waals surface area (Å²) in [5, 5.41) is 10.6. The summed E-state index contributed by atoms with van der Waals surface area (Å²) >= 11 is 5.87. The van der Waals surface area contributed by atoms with Gasteiger partial charge in [0.2, 0.25) is 0 Å². The lowest BCUT2D eigenvalue weighted by atomic mass is 10.1. The standard InChI is InChI=1S/C16H12ClNO6/c1-23-15(19)11-4-2-10(3-5-11)9-24-16(20)13-7-6-12(18(21)22)8-14(13)17/h2-8H,9H2,1H3. The third kappa shape index (κ3) is 4.08. The van der Waals surface area contributed by atoms with Gasteiger partial charge in [0.05, 0.1) is 28.2 Å². The lowest BCUT2D eigenvalue weighted by Gasteiger charge is -2.07. The van der Waals surface area contributed by atoms with Crippen LogP contribution >= 0.6 is 11.6 Å². The monoisotopic (exact) mass is 349 g/mol. The van der Waals surface area contributed by atoms with Gasteiger partial charge in [-0.3, -0.25) is 10.1 Å². The maximum atomic E-state index is 12.0. The van der Waals surface area contributed by atoms with Gasteiger partial charge < -0.3 is 9.47 Å². The molecule has 0 bridgehead atoms. The van der Waals surface area contributed by atoms with Crippen LogP contribution in [0.25, 0.3) is 0 Å². The minimum absolute atomic E-state index is 0.0341. The van der Waals surface area contributed by atoms with Crippen LogP contribution in [0.15, 0.2) is 42.5 Å². The molecule has 0 fully saturated rings. The summed E-state index contributed by atoms with van der Waals surface area (Å²) in [6.07, 6.45) is 0. The van der Waals surface area contributed by atoms with Crippen molar-refractivity contribution in [2.45, 2.75) is 6.61 Å². The molecule has 7 nitrogen and oxygen atoms in total. The molecule has 0 N–H and O–H groups in total. The molecular weight excluding hydrogens is 338 g/mol. The Hall–Kier alpha value is -2.93. The van der Waals surface area contributed by atoms with Crippen LogP contribution in [0.5, 0.6) is 0 Å². The molecule has 2 aromatic carbocycles. The van der Waals surface area contributed by atoms with E-state index in [9.17, 15) is 19.7 Å². The van der Waals surface area contributed by atoms with Gasteiger partial charge in [-0.05, 0) is 23.8 Å². The first-order chi connectivity index (χ1) is 11.4. The van der Waals surface area contributed by atoms with E-state index in [-0.39, 0.29) is 22.9 Å². The second-order valence-electron chi connectivity index (χ2n) is 4.69. The molecule has 0 radical (unpaired) electrons. The Bertz CT molecular complexity index is 788. The quantitative estimate of drug-likeness (QED) is 0.466. The minimum atomic E-state index is -0.702. The number of hydrogen-bond acceptors (Lipinski definition) is 6. The number of carbonyl (C=O) groups is 2. The predicted octanol–water partition coefficient (Wildman–Crippen LogP) is 3.39. The summed E-state index contributed by atoms with van der Waals surface area (Å²) < 4.78 is 9.70. The van der Waals surface area contributed by atoms with Gasteiger partial charge in [0.1, 0.15) is 6.61 Å². The summed E-state index contributed by atoms with van der Waals surface area (Å²) in [4.78, 5) is 33.3. The normalized spacial score (nSPS) is 10.1. The molecular formula is C16H12ClNO6. The Labute approximate surface area is 141 Å². The number of methoxy groups -OCH3 is 1. The number of nitrogens with zero attached hydrogens (tertiary/aromatic N) is 1. The number of nitro groups is 1. The molecule has 0 aliphatic carbocycles. The fourth-order valence-electron chi connectivity index (χ4n) is 1.86. The number of ether oxygens (including phenoxy) is 2. The summed E-state index contributed by atoms with van der Waals surface area (Å²) in [7, 11) is 1.28. The highest BCUT2D eigenvalue weighted by Crippen LogP contribution is 2.23. The third-order valence-electron chi connectivity index (χ3n) is 3.13. The van der Waals surface area contributed by atoms with Gasteiger partial charge >= 0.3 is 11.9 Å². The van der Waals surface area contributed by atoms with E-state index in [1.807, 2.05) is 0 Å². The van der Waals surface area contributed by atoms with Gasteiger partial charge in [-0.2, -0.15) is 0 Å². The first kappa shape index (κ1) is 17.4. The Morgan fingerprint density at radius 3 is 2.33 bits per heavy atom. The van der Waals surface area contributed by atoms with Crippen molar-refractivity contribution in [3.63, 3.8) is 0 Å². The van der Waals surface area contributed by atoms with Crippen molar-refractivity contribution >= 4 is 29.2 Å². The molecule has 0 atom stereocenters. The van der Waals surface area contributed by atoms with Crippen LogP contribution in [0.1, 0.15) is 26.3 Å². The molecule has 0 spiro atoms.